The van der Waals surface area contributed by atoms with E-state index in [9.17, 15) is 19.7 Å². The molecule has 0 radical (unpaired) electrons. The second-order valence-corrected chi connectivity index (χ2v) is 5.91. The van der Waals surface area contributed by atoms with Crippen molar-refractivity contribution in [1.82, 2.24) is 0 Å². The van der Waals surface area contributed by atoms with Crippen molar-refractivity contribution in [2.45, 2.75) is 0 Å². The van der Waals surface area contributed by atoms with E-state index in [2.05, 4.69) is 27.9 Å². The normalized spacial score (nSPS) is 10.0. The number of halogens is 1. The summed E-state index contributed by atoms with van der Waals surface area (Å²) in [4.78, 5) is 33.6. The maximum Gasteiger partial charge on any atom is 0.340 e. The van der Waals surface area contributed by atoms with Crippen LogP contribution in [0.3, 0.4) is 0 Å². The molecule has 124 valence electrons. The van der Waals surface area contributed by atoms with Gasteiger partial charge in [-0.3, -0.25) is 14.9 Å². The quantitative estimate of drug-likeness (QED) is 0.242. The molecule has 0 aliphatic rings. The van der Waals surface area contributed by atoms with E-state index in [0.717, 1.165) is 15.7 Å². The Hall–Kier alpha value is -2.69. The van der Waals surface area contributed by atoms with Crippen LogP contribution in [0.15, 0.2) is 42.5 Å². The lowest BCUT2D eigenvalue weighted by atomic mass is 10.1. The molecule has 2 aromatic carbocycles. The number of amides is 1. The number of esters is 1. The molecule has 24 heavy (non-hydrogen) atoms. The molecule has 0 spiro atoms. The van der Waals surface area contributed by atoms with Crippen LogP contribution in [0, 0.1) is 13.7 Å². The number of ether oxygens (including phenoxy) is 1. The fourth-order valence-electron chi connectivity index (χ4n) is 1.79. The Balaban J connectivity index is 1.94. The number of hydrogen-bond donors (Lipinski definition) is 2. The Kier molecular flexibility index (Phi) is 5.68. The topological polar surface area (TPSA) is 125 Å². The summed E-state index contributed by atoms with van der Waals surface area (Å²) >= 11 is 2.14. The average molecular weight is 441 g/mol. The molecule has 0 aliphatic carbocycles. The van der Waals surface area contributed by atoms with E-state index in [1.807, 2.05) is 12.1 Å². The van der Waals surface area contributed by atoms with Crippen molar-refractivity contribution in [2.24, 2.45) is 0 Å². The summed E-state index contributed by atoms with van der Waals surface area (Å²) in [7, 11) is 0. The number of nitrogens with zero attached hydrogens (tertiary/aromatic N) is 1. The van der Waals surface area contributed by atoms with Gasteiger partial charge in [0.15, 0.2) is 6.61 Å². The molecule has 9 heteroatoms. The molecule has 0 heterocycles. The molecule has 1 amide bonds. The SMILES string of the molecule is Nc1cc([N+](=O)[O-])ccc1C(=O)OCC(=O)Nc1ccc(I)cc1. The van der Waals surface area contributed by atoms with Crippen LogP contribution in [0.5, 0.6) is 0 Å². The van der Waals surface area contributed by atoms with Gasteiger partial charge in [-0.05, 0) is 52.9 Å². The van der Waals surface area contributed by atoms with Gasteiger partial charge in [0.1, 0.15) is 0 Å². The molecule has 0 saturated carbocycles. The first-order chi connectivity index (χ1) is 11.4. The van der Waals surface area contributed by atoms with Gasteiger partial charge < -0.3 is 15.8 Å². The summed E-state index contributed by atoms with van der Waals surface area (Å²) in [5.74, 6) is -1.34. The molecule has 2 aromatic rings. The van der Waals surface area contributed by atoms with Crippen LogP contribution in [-0.2, 0) is 9.53 Å². The molecule has 2 rings (SSSR count). The third kappa shape index (κ3) is 4.65. The molecule has 0 unspecified atom stereocenters. The van der Waals surface area contributed by atoms with Gasteiger partial charge >= 0.3 is 5.97 Å². The van der Waals surface area contributed by atoms with Gasteiger partial charge in [-0.1, -0.05) is 0 Å². The Morgan fingerprint density at radius 1 is 1.21 bits per heavy atom. The average Bonchev–Trinajstić information content (AvgIpc) is 2.54. The third-order valence-corrected chi connectivity index (χ3v) is 3.65. The lowest BCUT2D eigenvalue weighted by Gasteiger charge is -2.08. The van der Waals surface area contributed by atoms with Gasteiger partial charge in [0, 0.05) is 21.4 Å². The largest absolute Gasteiger partial charge is 0.452 e. The summed E-state index contributed by atoms with van der Waals surface area (Å²) < 4.78 is 5.88. The first-order valence-electron chi connectivity index (χ1n) is 6.63. The number of nitrogens with two attached hydrogens (primary N) is 1. The number of carbonyl (C=O) groups is 2. The minimum absolute atomic E-state index is 0.0392. The molecule has 3 N–H and O–H groups in total. The predicted octanol–water partition coefficient (Wildman–Crippen LogP) is 2.58. The maximum absolute atomic E-state index is 11.9. The highest BCUT2D eigenvalue weighted by Gasteiger charge is 2.16. The molecule has 0 saturated heterocycles. The predicted molar refractivity (Wildman–Crippen MR) is 95.6 cm³/mol. The Morgan fingerprint density at radius 2 is 1.88 bits per heavy atom. The zero-order valence-electron chi connectivity index (χ0n) is 12.2. The van der Waals surface area contributed by atoms with Crippen LogP contribution in [0.2, 0.25) is 0 Å². The van der Waals surface area contributed by atoms with Gasteiger partial charge in [0.25, 0.3) is 11.6 Å². The summed E-state index contributed by atoms with van der Waals surface area (Å²) in [5.41, 5.74) is 5.81. The number of anilines is 2. The highest BCUT2D eigenvalue weighted by molar-refractivity contribution is 14.1. The number of hydrogen-bond acceptors (Lipinski definition) is 6. The molecule has 0 bridgehead atoms. The smallest absolute Gasteiger partial charge is 0.340 e. The van der Waals surface area contributed by atoms with Crippen molar-refractivity contribution in [3.63, 3.8) is 0 Å². The third-order valence-electron chi connectivity index (χ3n) is 2.93. The number of carbonyl (C=O) groups excluding carboxylic acids is 2. The van der Waals surface area contributed by atoms with Crippen LogP contribution >= 0.6 is 22.6 Å². The number of nitro groups is 1. The molecule has 0 fully saturated rings. The zero-order chi connectivity index (χ0) is 17.7. The van der Waals surface area contributed by atoms with Crippen molar-refractivity contribution in [3.05, 3.63) is 61.7 Å². The Bertz CT molecular complexity index is 792. The fraction of sp³-hybridized carbons (Fsp3) is 0.0667. The minimum atomic E-state index is -0.833. The number of nitrogens with one attached hydrogen (secondary N) is 1. The van der Waals surface area contributed by atoms with Crippen LogP contribution in [-0.4, -0.2) is 23.4 Å². The summed E-state index contributed by atoms with van der Waals surface area (Å²) in [6, 6.07) is 10.5. The lowest BCUT2D eigenvalue weighted by molar-refractivity contribution is -0.384. The van der Waals surface area contributed by atoms with E-state index >= 15 is 0 Å². The monoisotopic (exact) mass is 441 g/mol. The van der Waals surface area contributed by atoms with Crippen molar-refractivity contribution in [2.75, 3.05) is 17.7 Å². The van der Waals surface area contributed by atoms with Gasteiger partial charge in [0.2, 0.25) is 0 Å². The standard InChI is InChI=1S/C15H12IN3O5/c16-9-1-3-10(4-2-9)18-14(20)8-24-15(21)12-6-5-11(19(22)23)7-13(12)17/h1-7H,8,17H2,(H,18,20). The van der Waals surface area contributed by atoms with Crippen LogP contribution < -0.4 is 11.1 Å². The zero-order valence-corrected chi connectivity index (χ0v) is 14.3. The second kappa shape index (κ2) is 7.73. The number of non-ortho nitro benzene ring substituents is 1. The highest BCUT2D eigenvalue weighted by atomic mass is 127. The molecule has 0 aliphatic heterocycles. The first-order valence-corrected chi connectivity index (χ1v) is 7.71. The molecule has 0 atom stereocenters. The van der Waals surface area contributed by atoms with E-state index in [1.165, 1.54) is 6.07 Å². The number of benzene rings is 2. The minimum Gasteiger partial charge on any atom is -0.452 e. The van der Waals surface area contributed by atoms with E-state index in [-0.39, 0.29) is 16.9 Å². The van der Waals surface area contributed by atoms with Crippen LogP contribution in [0.4, 0.5) is 17.1 Å². The first kappa shape index (κ1) is 17.7. The Morgan fingerprint density at radius 3 is 2.46 bits per heavy atom. The molecule has 0 aromatic heterocycles. The second-order valence-electron chi connectivity index (χ2n) is 4.66. The van der Waals surface area contributed by atoms with Crippen molar-refractivity contribution in [1.29, 1.82) is 0 Å². The number of nitro benzene ring substituents is 1. The van der Waals surface area contributed by atoms with E-state index in [4.69, 9.17) is 10.5 Å². The fourth-order valence-corrected chi connectivity index (χ4v) is 2.15. The highest BCUT2D eigenvalue weighted by Crippen LogP contribution is 2.20. The Labute approximate surface area is 150 Å². The van der Waals surface area contributed by atoms with Crippen molar-refractivity contribution < 1.29 is 19.2 Å². The van der Waals surface area contributed by atoms with Gasteiger partial charge in [-0.2, -0.15) is 0 Å². The van der Waals surface area contributed by atoms with Gasteiger partial charge in [0.05, 0.1) is 16.2 Å². The number of nitrogen functional groups attached to an aromatic ring is 1. The van der Waals surface area contributed by atoms with E-state index < -0.39 is 23.4 Å². The van der Waals surface area contributed by atoms with Crippen LogP contribution in [0.25, 0.3) is 0 Å². The van der Waals surface area contributed by atoms with E-state index in [0.29, 0.717) is 5.69 Å². The summed E-state index contributed by atoms with van der Waals surface area (Å²) in [6.07, 6.45) is 0. The summed E-state index contributed by atoms with van der Waals surface area (Å²) in [6.45, 7) is -0.499. The van der Waals surface area contributed by atoms with Crippen molar-refractivity contribution >= 4 is 51.5 Å². The summed E-state index contributed by atoms with van der Waals surface area (Å²) in [5, 5.41) is 13.2. The number of rotatable bonds is 5. The van der Waals surface area contributed by atoms with E-state index in [1.54, 1.807) is 12.1 Å². The van der Waals surface area contributed by atoms with Gasteiger partial charge in [-0.15, -0.1) is 0 Å². The maximum atomic E-state index is 11.9. The molecular weight excluding hydrogens is 429 g/mol. The van der Waals surface area contributed by atoms with Crippen LogP contribution in [0.1, 0.15) is 10.4 Å². The molecule has 8 nitrogen and oxygen atoms in total. The lowest BCUT2D eigenvalue weighted by Crippen LogP contribution is -2.21. The van der Waals surface area contributed by atoms with Gasteiger partial charge in [-0.25, -0.2) is 4.79 Å². The van der Waals surface area contributed by atoms with Crippen molar-refractivity contribution in [3.8, 4) is 0 Å². The molecular formula is C15H12IN3O5.